The van der Waals surface area contributed by atoms with Crippen LogP contribution in [0, 0.1) is 0 Å². The third-order valence-corrected chi connectivity index (χ3v) is 4.42. The van der Waals surface area contributed by atoms with Gasteiger partial charge in [0.05, 0.1) is 11.3 Å². The third-order valence-electron chi connectivity index (χ3n) is 3.18. The normalized spacial score (nSPS) is 27.2. The number of nitrogens with zero attached hydrogens (tertiary/aromatic N) is 2. The quantitative estimate of drug-likeness (QED) is 0.723. The summed E-state index contributed by atoms with van der Waals surface area (Å²) in [6.45, 7) is 3.76. The van der Waals surface area contributed by atoms with E-state index >= 15 is 0 Å². The van der Waals surface area contributed by atoms with E-state index < -0.39 is 0 Å². The molecule has 0 radical (unpaired) electrons. The monoisotopic (exact) mass is 244 g/mol. The van der Waals surface area contributed by atoms with Crippen molar-refractivity contribution >= 4 is 23.5 Å². The van der Waals surface area contributed by atoms with Crippen LogP contribution in [0.5, 0.6) is 0 Å². The maximum absolute atomic E-state index is 12.0. The second kappa shape index (κ2) is 5.19. The molecule has 4 nitrogen and oxygen atoms in total. The Labute approximate surface area is 101 Å². The predicted octanol–water partition coefficient (Wildman–Crippen LogP) is 0.468. The summed E-state index contributed by atoms with van der Waals surface area (Å²) in [5.41, 5.74) is 0. The van der Waals surface area contributed by atoms with Crippen LogP contribution in [0.4, 0.5) is 0 Å². The van der Waals surface area contributed by atoms with Crippen molar-refractivity contribution in [1.82, 2.24) is 9.80 Å². The molecule has 1 rings (SSSR count). The number of rotatable bonds is 3. The van der Waals surface area contributed by atoms with E-state index in [1.54, 1.807) is 23.7 Å². The summed E-state index contributed by atoms with van der Waals surface area (Å²) in [6, 6.07) is -0.423. The number of ketones is 1. The summed E-state index contributed by atoms with van der Waals surface area (Å²) in [4.78, 5) is 27.3. The lowest BCUT2D eigenvalue weighted by molar-refractivity contribution is -0.140. The minimum Gasteiger partial charge on any atom is -0.333 e. The Bertz CT molecular complexity index is 294. The van der Waals surface area contributed by atoms with E-state index in [9.17, 15) is 9.59 Å². The molecule has 3 atom stereocenters. The van der Waals surface area contributed by atoms with Crippen molar-refractivity contribution in [2.45, 2.75) is 31.2 Å². The van der Waals surface area contributed by atoms with Crippen LogP contribution in [0.25, 0.3) is 0 Å². The van der Waals surface area contributed by atoms with Crippen molar-refractivity contribution in [2.24, 2.45) is 0 Å². The molecule has 1 heterocycles. The van der Waals surface area contributed by atoms with E-state index in [1.165, 1.54) is 0 Å². The Morgan fingerprint density at radius 3 is 2.38 bits per heavy atom. The molecule has 1 fully saturated rings. The molecule has 0 aromatic carbocycles. The molecule has 1 amide bonds. The molecule has 92 valence electrons. The number of likely N-dealkylation sites (N-methyl/N-ethyl adjacent to an activating group) is 2. The first-order valence-corrected chi connectivity index (χ1v) is 6.49. The molecule has 1 saturated heterocycles. The number of thioether (sulfide) groups is 1. The smallest absolute Gasteiger partial charge is 0.240 e. The van der Waals surface area contributed by atoms with Gasteiger partial charge in [0.2, 0.25) is 5.91 Å². The minimum absolute atomic E-state index is 0.0121. The molecule has 1 aliphatic heterocycles. The van der Waals surface area contributed by atoms with Gasteiger partial charge in [0.25, 0.3) is 0 Å². The van der Waals surface area contributed by atoms with Crippen LogP contribution in [-0.4, -0.2) is 65.7 Å². The average molecular weight is 244 g/mol. The summed E-state index contributed by atoms with van der Waals surface area (Å²) in [5.74, 6) is 0.910. The lowest BCUT2D eigenvalue weighted by Crippen LogP contribution is -2.49. The van der Waals surface area contributed by atoms with Crippen molar-refractivity contribution in [1.29, 1.82) is 0 Å². The summed E-state index contributed by atoms with van der Waals surface area (Å²) < 4.78 is 0. The van der Waals surface area contributed by atoms with Gasteiger partial charge in [-0.1, -0.05) is 0 Å². The number of hydrogen-bond acceptors (Lipinski definition) is 4. The topological polar surface area (TPSA) is 40.6 Å². The molecule has 3 unspecified atom stereocenters. The van der Waals surface area contributed by atoms with Crippen LogP contribution in [0.1, 0.15) is 13.8 Å². The molecule has 1 aliphatic rings. The second-order valence-corrected chi connectivity index (χ2v) is 5.86. The van der Waals surface area contributed by atoms with Crippen LogP contribution in [0.15, 0.2) is 0 Å². The van der Waals surface area contributed by atoms with E-state index in [0.29, 0.717) is 0 Å². The summed E-state index contributed by atoms with van der Waals surface area (Å²) in [5, 5.41) is 0.0231. The fourth-order valence-electron chi connectivity index (χ4n) is 1.64. The number of carbonyl (C=O) groups excluding carboxylic acids is 2. The van der Waals surface area contributed by atoms with Gasteiger partial charge in [0, 0.05) is 12.8 Å². The number of Topliss-reactive ketones (excluding diaryl/α,β-unsaturated/α-hetero) is 1. The fourth-order valence-corrected chi connectivity index (χ4v) is 2.82. The fraction of sp³-hybridized carbons (Fsp3) is 0.818. The van der Waals surface area contributed by atoms with E-state index in [2.05, 4.69) is 0 Å². The Morgan fingerprint density at radius 2 is 2.00 bits per heavy atom. The maximum Gasteiger partial charge on any atom is 0.240 e. The maximum atomic E-state index is 12.0. The highest BCUT2D eigenvalue weighted by molar-refractivity contribution is 8.01. The van der Waals surface area contributed by atoms with Crippen molar-refractivity contribution in [2.75, 3.05) is 26.9 Å². The zero-order chi connectivity index (χ0) is 12.5. The van der Waals surface area contributed by atoms with E-state index in [4.69, 9.17) is 0 Å². The zero-order valence-electron chi connectivity index (χ0n) is 10.6. The standard InChI is InChI=1S/C11H20N2O2S/c1-7(12(3)4)11(15)13(5)9-6-16-8(2)10(9)14/h7-9H,6H2,1-5H3. The van der Waals surface area contributed by atoms with Crippen LogP contribution in [-0.2, 0) is 9.59 Å². The molecule has 0 spiro atoms. The van der Waals surface area contributed by atoms with Crippen molar-refractivity contribution in [3.8, 4) is 0 Å². The van der Waals surface area contributed by atoms with Crippen molar-refractivity contribution in [3.05, 3.63) is 0 Å². The van der Waals surface area contributed by atoms with Crippen molar-refractivity contribution in [3.63, 3.8) is 0 Å². The van der Waals surface area contributed by atoms with Gasteiger partial charge in [-0.2, -0.15) is 0 Å². The van der Waals surface area contributed by atoms with Gasteiger partial charge < -0.3 is 4.90 Å². The lowest BCUT2D eigenvalue weighted by atomic mass is 10.1. The molecule has 0 saturated carbocycles. The molecule has 0 bridgehead atoms. The van der Waals surface area contributed by atoms with E-state index in [-0.39, 0.29) is 29.0 Å². The van der Waals surface area contributed by atoms with Gasteiger partial charge in [-0.25, -0.2) is 0 Å². The summed E-state index contributed by atoms with van der Waals surface area (Å²) >= 11 is 1.62. The van der Waals surface area contributed by atoms with E-state index in [0.717, 1.165) is 5.75 Å². The van der Waals surface area contributed by atoms with Gasteiger partial charge in [-0.3, -0.25) is 14.5 Å². The lowest BCUT2D eigenvalue weighted by Gasteiger charge is -2.28. The number of amides is 1. The van der Waals surface area contributed by atoms with Gasteiger partial charge in [-0.05, 0) is 27.9 Å². The molecular formula is C11H20N2O2S. The number of hydrogen-bond donors (Lipinski definition) is 0. The zero-order valence-corrected chi connectivity index (χ0v) is 11.4. The third kappa shape index (κ3) is 2.58. The summed E-state index contributed by atoms with van der Waals surface area (Å²) in [6.07, 6.45) is 0. The van der Waals surface area contributed by atoms with Gasteiger partial charge in [-0.15, -0.1) is 11.8 Å². The number of carbonyl (C=O) groups is 2. The second-order valence-electron chi connectivity index (χ2n) is 4.48. The van der Waals surface area contributed by atoms with Gasteiger partial charge >= 0.3 is 0 Å². The first kappa shape index (κ1) is 13.5. The largest absolute Gasteiger partial charge is 0.333 e. The average Bonchev–Trinajstić information content (AvgIpc) is 2.56. The van der Waals surface area contributed by atoms with Gasteiger partial charge in [0.1, 0.15) is 6.04 Å². The minimum atomic E-state index is -0.241. The predicted molar refractivity (Wildman–Crippen MR) is 66.6 cm³/mol. The highest BCUT2D eigenvalue weighted by atomic mass is 32.2. The highest BCUT2D eigenvalue weighted by Crippen LogP contribution is 2.26. The van der Waals surface area contributed by atoms with Crippen LogP contribution < -0.4 is 0 Å². The molecule has 0 N–H and O–H groups in total. The first-order valence-electron chi connectivity index (χ1n) is 5.44. The van der Waals surface area contributed by atoms with Crippen LogP contribution in [0.2, 0.25) is 0 Å². The molecule has 0 aromatic rings. The molecular weight excluding hydrogens is 224 g/mol. The molecule has 0 aliphatic carbocycles. The highest BCUT2D eigenvalue weighted by Gasteiger charge is 2.37. The molecule has 0 aromatic heterocycles. The Hall–Kier alpha value is -0.550. The summed E-state index contributed by atoms with van der Waals surface area (Å²) in [7, 11) is 5.46. The Morgan fingerprint density at radius 1 is 1.44 bits per heavy atom. The Kier molecular flexibility index (Phi) is 4.38. The first-order chi connectivity index (χ1) is 7.36. The SMILES string of the molecule is CC1SCC(N(C)C(=O)C(C)N(C)C)C1=O. The van der Waals surface area contributed by atoms with Crippen LogP contribution in [0.3, 0.4) is 0 Å². The molecule has 5 heteroatoms. The van der Waals surface area contributed by atoms with Crippen molar-refractivity contribution < 1.29 is 9.59 Å². The van der Waals surface area contributed by atoms with Gasteiger partial charge in [0.15, 0.2) is 5.78 Å². The Balaban J connectivity index is 2.68. The molecule has 16 heavy (non-hydrogen) atoms. The van der Waals surface area contributed by atoms with E-state index in [1.807, 2.05) is 32.8 Å². The van der Waals surface area contributed by atoms with Crippen LogP contribution >= 0.6 is 11.8 Å².